The Hall–Kier alpha value is -0.526. The second-order valence-corrected chi connectivity index (χ2v) is 15.7. The van der Waals surface area contributed by atoms with Crippen LogP contribution in [0.25, 0.3) is 0 Å². The van der Waals surface area contributed by atoms with Gasteiger partial charge in [-0.25, -0.2) is 0 Å². The first-order valence-electron chi connectivity index (χ1n) is 7.34. The topological polar surface area (TPSA) is 0 Å². The first-order chi connectivity index (χ1) is 10.3. The summed E-state index contributed by atoms with van der Waals surface area (Å²) in [7, 11) is -1.63. The van der Waals surface area contributed by atoms with Crippen LogP contribution in [0.1, 0.15) is 11.1 Å². The maximum absolute atomic E-state index is 3.48. The van der Waals surface area contributed by atoms with Gasteiger partial charge in [-0.2, -0.15) is 0 Å². The van der Waals surface area contributed by atoms with Gasteiger partial charge < -0.3 is 0 Å². The highest BCUT2D eigenvalue weighted by molar-refractivity contribution is 7.99. The van der Waals surface area contributed by atoms with Gasteiger partial charge in [-0.3, -0.25) is 0 Å². The highest BCUT2D eigenvalue weighted by atomic mass is 32.2. The SMILES string of the molecule is CSc1cc(C#C[Si](C)(C)C)c(SC)cc1C#CC[Si](C)C. The third-order valence-electron chi connectivity index (χ3n) is 2.76. The summed E-state index contributed by atoms with van der Waals surface area (Å²) in [5.74, 6) is 10.1. The van der Waals surface area contributed by atoms with Gasteiger partial charge in [-0.1, -0.05) is 44.6 Å². The number of hydrogen-bond acceptors (Lipinski definition) is 2. The van der Waals surface area contributed by atoms with Crippen LogP contribution in [0.2, 0.25) is 38.8 Å². The third kappa shape index (κ3) is 6.71. The van der Waals surface area contributed by atoms with Crippen LogP contribution >= 0.6 is 23.5 Å². The van der Waals surface area contributed by atoms with Crippen molar-refractivity contribution in [2.24, 2.45) is 0 Å². The van der Waals surface area contributed by atoms with E-state index in [1.165, 1.54) is 9.79 Å². The van der Waals surface area contributed by atoms with Crippen LogP contribution < -0.4 is 0 Å². The molecule has 0 heterocycles. The molecule has 1 aromatic carbocycles. The normalized spacial score (nSPS) is 10.7. The van der Waals surface area contributed by atoms with Crippen LogP contribution in [-0.4, -0.2) is 29.4 Å². The summed E-state index contributed by atoms with van der Waals surface area (Å²) in [6.07, 6.45) is 4.23. The number of thioether (sulfide) groups is 2. The molecule has 0 fully saturated rings. The van der Waals surface area contributed by atoms with E-state index in [2.05, 4.69) is 80.7 Å². The fraction of sp³-hybridized carbons (Fsp3) is 0.444. The van der Waals surface area contributed by atoms with Crippen molar-refractivity contribution in [2.75, 3.05) is 12.5 Å². The molecule has 4 heteroatoms. The minimum absolute atomic E-state index is 0.275. The van der Waals surface area contributed by atoms with Gasteiger partial charge in [0.2, 0.25) is 0 Å². The summed E-state index contributed by atoms with van der Waals surface area (Å²) >= 11 is 3.52. The van der Waals surface area contributed by atoms with Crippen molar-refractivity contribution >= 4 is 40.4 Å². The fourth-order valence-corrected chi connectivity index (χ4v) is 3.75. The standard InChI is InChI=1S/C18H25S2Si2/c1-19-17-14-16(10-12-22(5,6)7)18(20-2)13-15(17)9-8-11-21(3)4/h13-14H,11H2,1-7H3. The molecule has 0 atom stereocenters. The minimum Gasteiger partial charge on any atom is -0.128 e. The quantitative estimate of drug-likeness (QED) is 0.398. The van der Waals surface area contributed by atoms with Crippen LogP contribution in [0.5, 0.6) is 0 Å². The highest BCUT2D eigenvalue weighted by Gasteiger charge is 2.10. The molecule has 0 aliphatic heterocycles. The van der Waals surface area contributed by atoms with E-state index in [0.29, 0.717) is 0 Å². The zero-order valence-electron chi connectivity index (χ0n) is 14.7. The summed E-state index contributed by atoms with van der Waals surface area (Å²) in [6, 6.07) is 5.48. The Morgan fingerprint density at radius 3 is 1.86 bits per heavy atom. The summed E-state index contributed by atoms with van der Waals surface area (Å²) in [5.41, 5.74) is 5.78. The molecule has 22 heavy (non-hydrogen) atoms. The van der Waals surface area contributed by atoms with Crippen LogP contribution in [0.15, 0.2) is 21.9 Å². The molecule has 1 rings (SSSR count). The molecular formula is C18H25S2Si2. The molecule has 0 aliphatic rings. The van der Waals surface area contributed by atoms with E-state index in [-0.39, 0.29) is 8.80 Å². The molecule has 0 saturated carbocycles. The van der Waals surface area contributed by atoms with E-state index >= 15 is 0 Å². The third-order valence-corrected chi connectivity index (χ3v) is 6.07. The Balaban J connectivity index is 3.27. The number of rotatable bonds is 3. The maximum atomic E-state index is 3.48. The van der Waals surface area contributed by atoms with Gasteiger partial charge in [-0.15, -0.1) is 35.0 Å². The molecule has 0 bridgehead atoms. The first kappa shape index (κ1) is 19.5. The van der Waals surface area contributed by atoms with Crippen molar-refractivity contribution in [1.29, 1.82) is 0 Å². The average molecular weight is 362 g/mol. The predicted octanol–water partition coefficient (Wildman–Crippen LogP) is 5.47. The monoisotopic (exact) mass is 361 g/mol. The van der Waals surface area contributed by atoms with Gasteiger partial charge >= 0.3 is 0 Å². The van der Waals surface area contributed by atoms with Gasteiger partial charge in [0.05, 0.1) is 8.80 Å². The molecule has 0 nitrogen and oxygen atoms in total. The van der Waals surface area contributed by atoms with E-state index in [0.717, 1.165) is 17.2 Å². The van der Waals surface area contributed by atoms with Gasteiger partial charge in [0.15, 0.2) is 0 Å². The number of hydrogen-bond donors (Lipinski definition) is 0. The van der Waals surface area contributed by atoms with Crippen molar-refractivity contribution in [3.63, 3.8) is 0 Å². The van der Waals surface area contributed by atoms with Crippen molar-refractivity contribution < 1.29 is 0 Å². The second kappa shape index (κ2) is 8.94. The maximum Gasteiger partial charge on any atom is 0.129 e. The largest absolute Gasteiger partial charge is 0.129 e. The molecule has 0 aromatic heterocycles. The summed E-state index contributed by atoms with van der Waals surface area (Å²) < 4.78 is 0. The van der Waals surface area contributed by atoms with E-state index in [1.807, 2.05) is 0 Å². The zero-order valence-corrected chi connectivity index (χ0v) is 18.3. The van der Waals surface area contributed by atoms with Crippen molar-refractivity contribution in [2.45, 2.75) is 48.6 Å². The second-order valence-electron chi connectivity index (χ2n) is 6.44. The predicted molar refractivity (Wildman–Crippen MR) is 109 cm³/mol. The van der Waals surface area contributed by atoms with E-state index < -0.39 is 8.07 Å². The molecule has 0 amide bonds. The van der Waals surface area contributed by atoms with Crippen LogP contribution in [0, 0.1) is 23.3 Å². The number of benzene rings is 1. The molecule has 0 aliphatic carbocycles. The Kier molecular flexibility index (Phi) is 7.93. The molecule has 0 N–H and O–H groups in total. The summed E-state index contributed by atoms with van der Waals surface area (Å²) in [5, 5.41) is 0. The molecule has 1 radical (unpaired) electrons. The Labute approximate surface area is 147 Å². The van der Waals surface area contributed by atoms with E-state index in [4.69, 9.17) is 0 Å². The lowest BCUT2D eigenvalue weighted by Gasteiger charge is -2.09. The minimum atomic E-state index is -1.35. The molecule has 0 saturated heterocycles. The van der Waals surface area contributed by atoms with Crippen LogP contribution in [0.3, 0.4) is 0 Å². The van der Waals surface area contributed by atoms with Crippen molar-refractivity contribution in [3.8, 4) is 23.3 Å². The van der Waals surface area contributed by atoms with Crippen LogP contribution in [-0.2, 0) is 0 Å². The van der Waals surface area contributed by atoms with E-state index in [1.54, 1.807) is 23.5 Å². The van der Waals surface area contributed by atoms with Gasteiger partial charge in [0.25, 0.3) is 0 Å². The van der Waals surface area contributed by atoms with Crippen LogP contribution in [0.4, 0.5) is 0 Å². The highest BCUT2D eigenvalue weighted by Crippen LogP contribution is 2.29. The molecule has 0 unspecified atom stereocenters. The smallest absolute Gasteiger partial charge is 0.128 e. The zero-order chi connectivity index (χ0) is 16.8. The van der Waals surface area contributed by atoms with Crippen molar-refractivity contribution in [1.82, 2.24) is 0 Å². The van der Waals surface area contributed by atoms with E-state index in [9.17, 15) is 0 Å². The lowest BCUT2D eigenvalue weighted by Crippen LogP contribution is -2.16. The summed E-state index contributed by atoms with van der Waals surface area (Å²) in [6.45, 7) is 11.4. The molecule has 0 spiro atoms. The van der Waals surface area contributed by atoms with Gasteiger partial charge in [-0.05, 0) is 24.6 Å². The molecule has 1 aromatic rings. The van der Waals surface area contributed by atoms with Gasteiger partial charge in [0.1, 0.15) is 8.07 Å². The lowest BCUT2D eigenvalue weighted by molar-refractivity contribution is 1.29. The first-order valence-corrected chi connectivity index (χ1v) is 16.0. The molecule has 117 valence electrons. The van der Waals surface area contributed by atoms with Crippen molar-refractivity contribution in [3.05, 3.63) is 23.3 Å². The fourth-order valence-electron chi connectivity index (χ4n) is 1.66. The Morgan fingerprint density at radius 1 is 0.955 bits per heavy atom. The summed E-state index contributed by atoms with van der Waals surface area (Å²) in [4.78, 5) is 2.48. The lowest BCUT2D eigenvalue weighted by atomic mass is 10.1. The van der Waals surface area contributed by atoms with Gasteiger partial charge in [0, 0.05) is 27.0 Å². The Bertz CT molecular complexity index is 635. The molecular weight excluding hydrogens is 337 g/mol. The average Bonchev–Trinajstić information content (AvgIpc) is 2.43. The Morgan fingerprint density at radius 2 is 1.45 bits per heavy atom.